The zero-order valence-electron chi connectivity index (χ0n) is 7.76. The van der Waals surface area contributed by atoms with Crippen molar-refractivity contribution >= 4 is 24.0 Å². The molecule has 0 radical (unpaired) electrons. The van der Waals surface area contributed by atoms with Gasteiger partial charge in [-0.15, -0.1) is 19.0 Å². The van der Waals surface area contributed by atoms with Gasteiger partial charge in [0.2, 0.25) is 0 Å². The van der Waals surface area contributed by atoms with Gasteiger partial charge in [-0.3, -0.25) is 0 Å². The SMILES string of the molecule is C=C[C@H](N)c1c(F)ccc(C)c1Cl.Cl. The standard InChI is InChI=1S/C10H11ClFN.ClH/c1-3-8(13)9-7(12)5-4-6(2)10(9)11;/h3-5,8H,1,13H2,2H3;1H/t8-;/m0./s1. The van der Waals surface area contributed by atoms with Gasteiger partial charge in [-0.05, 0) is 18.6 Å². The van der Waals surface area contributed by atoms with Gasteiger partial charge >= 0.3 is 0 Å². The van der Waals surface area contributed by atoms with E-state index < -0.39 is 6.04 Å². The van der Waals surface area contributed by atoms with Crippen LogP contribution in [0.15, 0.2) is 24.8 Å². The number of rotatable bonds is 2. The molecule has 0 bridgehead atoms. The van der Waals surface area contributed by atoms with Crippen molar-refractivity contribution in [1.82, 2.24) is 0 Å². The highest BCUT2D eigenvalue weighted by molar-refractivity contribution is 6.32. The molecule has 0 aliphatic rings. The highest BCUT2D eigenvalue weighted by Gasteiger charge is 2.13. The number of hydrogen-bond acceptors (Lipinski definition) is 1. The Hall–Kier alpha value is -0.570. The Kier molecular flexibility index (Phi) is 5.13. The van der Waals surface area contributed by atoms with Crippen LogP contribution in [-0.4, -0.2) is 0 Å². The molecule has 1 rings (SSSR count). The molecular formula is C10H12Cl2FN. The van der Waals surface area contributed by atoms with Crippen LogP contribution in [0.25, 0.3) is 0 Å². The number of hydrogen-bond donors (Lipinski definition) is 1. The van der Waals surface area contributed by atoms with Crippen molar-refractivity contribution in [3.05, 3.63) is 46.8 Å². The third-order valence-corrected chi connectivity index (χ3v) is 2.41. The summed E-state index contributed by atoms with van der Waals surface area (Å²) in [6.07, 6.45) is 1.46. The average Bonchev–Trinajstić information content (AvgIpc) is 2.12. The Morgan fingerprint density at radius 3 is 2.64 bits per heavy atom. The van der Waals surface area contributed by atoms with Crippen LogP contribution < -0.4 is 5.73 Å². The Balaban J connectivity index is 0.00000169. The molecule has 14 heavy (non-hydrogen) atoms. The number of nitrogens with two attached hydrogens (primary N) is 1. The van der Waals surface area contributed by atoms with Crippen molar-refractivity contribution in [2.75, 3.05) is 0 Å². The zero-order chi connectivity index (χ0) is 10.0. The van der Waals surface area contributed by atoms with E-state index >= 15 is 0 Å². The van der Waals surface area contributed by atoms with Gasteiger partial charge in [0.25, 0.3) is 0 Å². The molecule has 0 aromatic heterocycles. The monoisotopic (exact) mass is 235 g/mol. The second-order valence-corrected chi connectivity index (χ2v) is 3.23. The van der Waals surface area contributed by atoms with E-state index in [1.165, 1.54) is 12.1 Å². The fourth-order valence-electron chi connectivity index (χ4n) is 1.10. The van der Waals surface area contributed by atoms with E-state index in [0.29, 0.717) is 10.6 Å². The first-order valence-electron chi connectivity index (χ1n) is 3.90. The van der Waals surface area contributed by atoms with E-state index in [0.717, 1.165) is 5.56 Å². The van der Waals surface area contributed by atoms with Crippen molar-refractivity contribution in [1.29, 1.82) is 0 Å². The van der Waals surface area contributed by atoms with E-state index in [1.807, 2.05) is 0 Å². The molecule has 0 spiro atoms. The van der Waals surface area contributed by atoms with E-state index in [2.05, 4.69) is 6.58 Å². The lowest BCUT2D eigenvalue weighted by Gasteiger charge is -2.11. The molecule has 1 atom stereocenters. The van der Waals surface area contributed by atoms with Crippen LogP contribution in [0.2, 0.25) is 5.02 Å². The Morgan fingerprint density at radius 1 is 1.57 bits per heavy atom. The lowest BCUT2D eigenvalue weighted by Crippen LogP contribution is -2.10. The van der Waals surface area contributed by atoms with Crippen LogP contribution in [0, 0.1) is 12.7 Å². The quantitative estimate of drug-likeness (QED) is 0.782. The largest absolute Gasteiger partial charge is 0.321 e. The second-order valence-electron chi connectivity index (χ2n) is 2.85. The fraction of sp³-hybridized carbons (Fsp3) is 0.200. The van der Waals surface area contributed by atoms with Gasteiger partial charge in [-0.2, -0.15) is 0 Å². The Morgan fingerprint density at radius 2 is 2.14 bits per heavy atom. The summed E-state index contributed by atoms with van der Waals surface area (Å²) in [5.74, 6) is -0.386. The topological polar surface area (TPSA) is 26.0 Å². The molecule has 1 aromatic rings. The van der Waals surface area contributed by atoms with Crippen LogP contribution in [0.1, 0.15) is 17.2 Å². The number of aryl methyl sites for hydroxylation is 1. The van der Waals surface area contributed by atoms with Crippen LogP contribution in [0.3, 0.4) is 0 Å². The minimum absolute atomic E-state index is 0. The predicted molar refractivity (Wildman–Crippen MR) is 60.5 cm³/mol. The molecule has 2 N–H and O–H groups in total. The molecule has 1 nitrogen and oxygen atoms in total. The van der Waals surface area contributed by atoms with Crippen LogP contribution in [-0.2, 0) is 0 Å². The van der Waals surface area contributed by atoms with Gasteiger partial charge in [-0.1, -0.05) is 23.7 Å². The lowest BCUT2D eigenvalue weighted by atomic mass is 10.0. The third-order valence-electron chi connectivity index (χ3n) is 1.91. The van der Waals surface area contributed by atoms with Gasteiger partial charge in [0.1, 0.15) is 5.82 Å². The molecule has 0 heterocycles. The van der Waals surface area contributed by atoms with Crippen molar-refractivity contribution in [3.63, 3.8) is 0 Å². The fourth-order valence-corrected chi connectivity index (χ4v) is 1.38. The molecule has 1 aromatic carbocycles. The first-order valence-corrected chi connectivity index (χ1v) is 4.28. The highest BCUT2D eigenvalue weighted by atomic mass is 35.5. The normalized spacial score (nSPS) is 11.7. The second kappa shape index (κ2) is 5.35. The first kappa shape index (κ1) is 13.4. The van der Waals surface area contributed by atoms with E-state index in [4.69, 9.17) is 17.3 Å². The summed E-state index contributed by atoms with van der Waals surface area (Å²) in [6, 6.07) is 2.43. The number of halogens is 3. The van der Waals surface area contributed by atoms with Crippen LogP contribution in [0.5, 0.6) is 0 Å². The zero-order valence-corrected chi connectivity index (χ0v) is 9.33. The van der Waals surface area contributed by atoms with Gasteiger partial charge < -0.3 is 5.73 Å². The first-order chi connectivity index (χ1) is 6.07. The van der Waals surface area contributed by atoms with Gasteiger partial charge in [0.05, 0.1) is 11.1 Å². The van der Waals surface area contributed by atoms with Crippen molar-refractivity contribution in [2.45, 2.75) is 13.0 Å². The maximum absolute atomic E-state index is 13.3. The summed E-state index contributed by atoms with van der Waals surface area (Å²) in [5.41, 5.74) is 6.75. The molecule has 0 saturated carbocycles. The van der Waals surface area contributed by atoms with Gasteiger partial charge in [0.15, 0.2) is 0 Å². The summed E-state index contributed by atoms with van der Waals surface area (Å²) < 4.78 is 13.3. The molecule has 0 saturated heterocycles. The summed E-state index contributed by atoms with van der Waals surface area (Å²) in [5, 5.41) is 0.382. The maximum Gasteiger partial charge on any atom is 0.129 e. The number of benzene rings is 1. The molecule has 0 amide bonds. The summed E-state index contributed by atoms with van der Waals surface area (Å²) >= 11 is 5.90. The molecule has 0 aliphatic carbocycles. The molecule has 0 aliphatic heterocycles. The van der Waals surface area contributed by atoms with Crippen molar-refractivity contribution in [2.24, 2.45) is 5.73 Å². The van der Waals surface area contributed by atoms with E-state index in [1.54, 1.807) is 13.0 Å². The molecule has 4 heteroatoms. The Bertz CT molecular complexity index is 339. The highest BCUT2D eigenvalue weighted by Crippen LogP contribution is 2.28. The molecule has 78 valence electrons. The average molecular weight is 236 g/mol. The summed E-state index contributed by atoms with van der Waals surface area (Å²) in [4.78, 5) is 0. The molecule has 0 unspecified atom stereocenters. The minimum atomic E-state index is -0.549. The lowest BCUT2D eigenvalue weighted by molar-refractivity contribution is 0.602. The minimum Gasteiger partial charge on any atom is -0.321 e. The third kappa shape index (κ3) is 2.47. The Labute approximate surface area is 94.2 Å². The summed E-state index contributed by atoms with van der Waals surface area (Å²) in [7, 11) is 0. The van der Waals surface area contributed by atoms with Gasteiger partial charge in [-0.25, -0.2) is 4.39 Å². The smallest absolute Gasteiger partial charge is 0.129 e. The van der Waals surface area contributed by atoms with E-state index in [9.17, 15) is 4.39 Å². The van der Waals surface area contributed by atoms with E-state index in [-0.39, 0.29) is 18.2 Å². The van der Waals surface area contributed by atoms with Crippen LogP contribution in [0.4, 0.5) is 4.39 Å². The predicted octanol–water partition coefficient (Wildman–Crippen LogP) is 3.40. The molecular weight excluding hydrogens is 224 g/mol. The van der Waals surface area contributed by atoms with Gasteiger partial charge in [0, 0.05) is 5.56 Å². The van der Waals surface area contributed by atoms with Crippen molar-refractivity contribution < 1.29 is 4.39 Å². The van der Waals surface area contributed by atoms with Crippen molar-refractivity contribution in [3.8, 4) is 0 Å². The van der Waals surface area contributed by atoms with Crippen LogP contribution >= 0.6 is 24.0 Å². The summed E-state index contributed by atoms with van der Waals surface area (Å²) in [6.45, 7) is 5.31. The molecule has 0 fully saturated rings. The maximum atomic E-state index is 13.3.